The van der Waals surface area contributed by atoms with Gasteiger partial charge in [0, 0.05) is 0 Å². The van der Waals surface area contributed by atoms with Crippen molar-refractivity contribution in [1.29, 1.82) is 0 Å². The summed E-state index contributed by atoms with van der Waals surface area (Å²) in [5.74, 6) is -0.524. The third kappa shape index (κ3) is 2.03. The molecule has 1 aromatic carbocycles. The maximum atomic E-state index is 11.6. The van der Waals surface area contributed by atoms with Crippen molar-refractivity contribution in [1.82, 2.24) is 4.31 Å². The molecule has 0 saturated heterocycles. The highest BCUT2D eigenvalue weighted by Gasteiger charge is 2.34. The molecule has 0 aliphatic carbocycles. The Morgan fingerprint density at radius 2 is 1.81 bits per heavy atom. The van der Waals surface area contributed by atoms with Gasteiger partial charge in [0.15, 0.2) is 0 Å². The Morgan fingerprint density at radius 3 is 2.31 bits per heavy atom. The molecule has 0 spiro atoms. The van der Waals surface area contributed by atoms with Crippen LogP contribution in [-0.2, 0) is 21.4 Å². The molecule has 0 N–H and O–H groups in total. The SMILES string of the molecule is O=C1C(Br)=CS(=O)(=O)N1Cc1ccccc1. The van der Waals surface area contributed by atoms with Crippen LogP contribution in [0.25, 0.3) is 0 Å². The highest BCUT2D eigenvalue weighted by molar-refractivity contribution is 9.12. The van der Waals surface area contributed by atoms with Crippen LogP contribution in [0.1, 0.15) is 5.56 Å². The van der Waals surface area contributed by atoms with Gasteiger partial charge in [-0.3, -0.25) is 4.79 Å². The van der Waals surface area contributed by atoms with Gasteiger partial charge in [0.25, 0.3) is 15.9 Å². The molecule has 1 aliphatic heterocycles. The van der Waals surface area contributed by atoms with Gasteiger partial charge in [-0.15, -0.1) is 0 Å². The van der Waals surface area contributed by atoms with Gasteiger partial charge >= 0.3 is 0 Å². The van der Waals surface area contributed by atoms with Gasteiger partial charge in [-0.25, -0.2) is 12.7 Å². The number of amides is 1. The Kier molecular flexibility index (Phi) is 2.86. The molecule has 0 fully saturated rings. The van der Waals surface area contributed by atoms with Crippen LogP contribution in [0.5, 0.6) is 0 Å². The Balaban J connectivity index is 2.28. The predicted molar refractivity (Wildman–Crippen MR) is 62.9 cm³/mol. The number of hydrogen-bond donors (Lipinski definition) is 0. The summed E-state index contributed by atoms with van der Waals surface area (Å²) in [5.41, 5.74) is 0.773. The fourth-order valence-corrected chi connectivity index (χ4v) is 3.58. The number of carbonyl (C=O) groups is 1. The van der Waals surface area contributed by atoms with E-state index in [4.69, 9.17) is 0 Å². The minimum Gasteiger partial charge on any atom is -0.267 e. The lowest BCUT2D eigenvalue weighted by Gasteiger charge is -2.14. The maximum Gasteiger partial charge on any atom is 0.275 e. The number of hydrogen-bond acceptors (Lipinski definition) is 3. The third-order valence-corrected chi connectivity index (χ3v) is 4.47. The van der Waals surface area contributed by atoms with Crippen molar-refractivity contribution in [3.05, 3.63) is 45.8 Å². The second-order valence-electron chi connectivity index (χ2n) is 3.31. The zero-order chi connectivity index (χ0) is 11.8. The summed E-state index contributed by atoms with van der Waals surface area (Å²) in [6, 6.07) is 8.97. The highest BCUT2D eigenvalue weighted by Crippen LogP contribution is 2.25. The van der Waals surface area contributed by atoms with Crippen molar-refractivity contribution in [2.24, 2.45) is 0 Å². The third-order valence-electron chi connectivity index (χ3n) is 2.16. The van der Waals surface area contributed by atoms with E-state index in [0.29, 0.717) is 0 Å². The second-order valence-corrected chi connectivity index (χ2v) is 5.87. The van der Waals surface area contributed by atoms with Gasteiger partial charge in [-0.1, -0.05) is 30.3 Å². The second kappa shape index (κ2) is 4.03. The minimum atomic E-state index is -3.61. The number of rotatable bonds is 2. The first-order valence-electron chi connectivity index (χ1n) is 4.49. The zero-order valence-electron chi connectivity index (χ0n) is 8.13. The smallest absolute Gasteiger partial charge is 0.267 e. The number of sulfonamides is 1. The summed E-state index contributed by atoms with van der Waals surface area (Å²) in [4.78, 5) is 11.6. The fraction of sp³-hybridized carbons (Fsp3) is 0.100. The van der Waals surface area contributed by atoms with Crippen LogP contribution in [0.2, 0.25) is 0 Å². The molecule has 0 bridgehead atoms. The molecule has 1 amide bonds. The molecule has 0 unspecified atom stereocenters. The van der Waals surface area contributed by atoms with E-state index < -0.39 is 15.9 Å². The van der Waals surface area contributed by atoms with Crippen molar-refractivity contribution >= 4 is 31.9 Å². The average molecular weight is 302 g/mol. The molecule has 16 heavy (non-hydrogen) atoms. The lowest BCUT2D eigenvalue weighted by atomic mass is 10.2. The first-order valence-corrected chi connectivity index (χ1v) is 6.78. The first-order chi connectivity index (χ1) is 7.50. The molecule has 84 valence electrons. The molecule has 1 aliphatic rings. The predicted octanol–water partition coefficient (Wildman–Crippen LogP) is 1.59. The monoisotopic (exact) mass is 301 g/mol. The summed E-state index contributed by atoms with van der Waals surface area (Å²) < 4.78 is 24.1. The zero-order valence-corrected chi connectivity index (χ0v) is 10.5. The van der Waals surface area contributed by atoms with Gasteiger partial charge in [0.1, 0.15) is 0 Å². The van der Waals surface area contributed by atoms with E-state index >= 15 is 0 Å². The molecule has 6 heteroatoms. The fourth-order valence-electron chi connectivity index (χ4n) is 1.39. The first kappa shape index (κ1) is 11.3. The van der Waals surface area contributed by atoms with Crippen LogP contribution in [0.4, 0.5) is 0 Å². The summed E-state index contributed by atoms with van der Waals surface area (Å²) in [5, 5.41) is 0.929. The molecule has 0 atom stereocenters. The molecule has 0 saturated carbocycles. The Morgan fingerprint density at radius 1 is 1.19 bits per heavy atom. The lowest BCUT2D eigenvalue weighted by Crippen LogP contribution is -2.29. The van der Waals surface area contributed by atoms with E-state index in [1.807, 2.05) is 6.07 Å². The van der Waals surface area contributed by atoms with Crippen molar-refractivity contribution in [3.8, 4) is 0 Å². The minimum absolute atomic E-state index is 0.0631. The topological polar surface area (TPSA) is 54.5 Å². The van der Waals surface area contributed by atoms with Crippen LogP contribution in [0.3, 0.4) is 0 Å². The van der Waals surface area contributed by atoms with E-state index in [1.54, 1.807) is 24.3 Å². The number of carbonyl (C=O) groups excluding carboxylic acids is 1. The standard InChI is InChI=1S/C10H8BrNO3S/c11-9-7-16(14,15)12(10(9)13)6-8-4-2-1-3-5-8/h1-5,7H,6H2. The Bertz CT molecular complexity index is 551. The lowest BCUT2D eigenvalue weighted by molar-refractivity contribution is -0.121. The number of halogens is 1. The van der Waals surface area contributed by atoms with Gasteiger partial charge in [0.05, 0.1) is 16.4 Å². The van der Waals surface area contributed by atoms with E-state index in [9.17, 15) is 13.2 Å². The summed E-state index contributed by atoms with van der Waals surface area (Å²) in [7, 11) is -3.61. The van der Waals surface area contributed by atoms with Crippen molar-refractivity contribution < 1.29 is 13.2 Å². The quantitative estimate of drug-likeness (QED) is 0.834. The molecule has 0 radical (unpaired) electrons. The number of nitrogens with zero attached hydrogens (tertiary/aromatic N) is 1. The summed E-state index contributed by atoms with van der Waals surface area (Å²) >= 11 is 2.92. The van der Waals surface area contributed by atoms with E-state index in [0.717, 1.165) is 15.3 Å². The van der Waals surface area contributed by atoms with E-state index in [2.05, 4.69) is 15.9 Å². The Labute approximate surface area is 102 Å². The van der Waals surface area contributed by atoms with Crippen LogP contribution in [0.15, 0.2) is 40.2 Å². The van der Waals surface area contributed by atoms with Crippen molar-refractivity contribution in [2.45, 2.75) is 6.54 Å². The molecular formula is C10H8BrNO3S. The van der Waals surface area contributed by atoms with Crippen molar-refractivity contribution in [3.63, 3.8) is 0 Å². The molecular weight excluding hydrogens is 294 g/mol. The van der Waals surface area contributed by atoms with Crippen LogP contribution in [-0.4, -0.2) is 18.6 Å². The van der Waals surface area contributed by atoms with E-state index in [1.165, 1.54) is 0 Å². The normalized spacial score (nSPS) is 18.7. The maximum absolute atomic E-state index is 11.6. The average Bonchev–Trinajstić information content (AvgIpc) is 2.42. The molecule has 2 rings (SSSR count). The van der Waals surface area contributed by atoms with Crippen LogP contribution < -0.4 is 0 Å². The van der Waals surface area contributed by atoms with Crippen LogP contribution >= 0.6 is 15.9 Å². The largest absolute Gasteiger partial charge is 0.275 e. The molecule has 0 aromatic heterocycles. The van der Waals surface area contributed by atoms with Gasteiger partial charge in [0.2, 0.25) is 0 Å². The molecule has 1 heterocycles. The van der Waals surface area contributed by atoms with E-state index in [-0.39, 0.29) is 11.0 Å². The van der Waals surface area contributed by atoms with Gasteiger partial charge in [-0.2, -0.15) is 0 Å². The number of benzene rings is 1. The molecule has 4 nitrogen and oxygen atoms in total. The van der Waals surface area contributed by atoms with Crippen molar-refractivity contribution in [2.75, 3.05) is 0 Å². The molecule has 1 aromatic rings. The van der Waals surface area contributed by atoms with Crippen LogP contribution in [0, 0.1) is 0 Å². The Hall–Kier alpha value is -1.14. The summed E-state index contributed by atoms with van der Waals surface area (Å²) in [6.45, 7) is 0.0631. The van der Waals surface area contributed by atoms with Gasteiger partial charge in [-0.05, 0) is 21.5 Å². The highest BCUT2D eigenvalue weighted by atomic mass is 79.9. The summed E-state index contributed by atoms with van der Waals surface area (Å²) in [6.07, 6.45) is 0. The van der Waals surface area contributed by atoms with Gasteiger partial charge < -0.3 is 0 Å².